The molecule has 7 heteroatoms. The molecule has 3 N–H and O–H groups in total. The maximum Gasteiger partial charge on any atom is 0.407 e. The Balaban J connectivity index is 1.16. The predicted molar refractivity (Wildman–Crippen MR) is 126 cm³/mol. The number of nitrogens with one attached hydrogen (secondary N) is 2. The molecule has 2 fully saturated rings. The van der Waals surface area contributed by atoms with Crippen LogP contribution < -0.4 is 10.6 Å². The summed E-state index contributed by atoms with van der Waals surface area (Å²) >= 11 is 0. The van der Waals surface area contributed by atoms with E-state index in [1.54, 1.807) is 0 Å². The van der Waals surface area contributed by atoms with Gasteiger partial charge < -0.3 is 20.5 Å². The fraction of sp³-hybridized carbons (Fsp3) is 0.444. The van der Waals surface area contributed by atoms with E-state index in [0.717, 1.165) is 12.8 Å². The van der Waals surface area contributed by atoms with Crippen LogP contribution in [0.2, 0.25) is 0 Å². The molecule has 0 unspecified atom stereocenters. The third-order valence-corrected chi connectivity index (χ3v) is 7.78. The highest BCUT2D eigenvalue weighted by Crippen LogP contribution is 2.63. The number of benzene rings is 2. The fourth-order valence-electron chi connectivity index (χ4n) is 5.93. The Hall–Kier alpha value is -3.35. The van der Waals surface area contributed by atoms with Crippen LogP contribution >= 0.6 is 0 Å². The van der Waals surface area contributed by atoms with Crippen molar-refractivity contribution in [3.8, 4) is 11.1 Å². The predicted octanol–water partition coefficient (Wildman–Crippen LogP) is 4.06. The second-order valence-corrected chi connectivity index (χ2v) is 9.84. The molecule has 2 aromatic rings. The van der Waals surface area contributed by atoms with Gasteiger partial charge in [0.25, 0.3) is 0 Å². The van der Waals surface area contributed by atoms with Gasteiger partial charge in [-0.1, -0.05) is 55.5 Å². The van der Waals surface area contributed by atoms with Crippen LogP contribution in [0.4, 0.5) is 4.79 Å². The van der Waals surface area contributed by atoms with Crippen LogP contribution in [-0.2, 0) is 14.3 Å². The van der Waals surface area contributed by atoms with E-state index < -0.39 is 17.5 Å². The van der Waals surface area contributed by atoms with Crippen molar-refractivity contribution in [3.05, 3.63) is 59.7 Å². The van der Waals surface area contributed by atoms with Crippen LogP contribution in [-0.4, -0.2) is 41.8 Å². The zero-order valence-electron chi connectivity index (χ0n) is 19.3. The van der Waals surface area contributed by atoms with Gasteiger partial charge in [0.15, 0.2) is 0 Å². The van der Waals surface area contributed by atoms with Gasteiger partial charge in [-0.2, -0.15) is 0 Å². The van der Waals surface area contributed by atoms with E-state index in [4.69, 9.17) is 9.84 Å². The first-order chi connectivity index (χ1) is 16.4. The number of carboxylic acid groups (broad SMARTS) is 1. The highest BCUT2D eigenvalue weighted by Gasteiger charge is 2.65. The number of rotatable bonds is 8. The minimum atomic E-state index is -0.918. The van der Waals surface area contributed by atoms with E-state index >= 15 is 0 Å². The van der Waals surface area contributed by atoms with Crippen molar-refractivity contribution in [1.29, 1.82) is 0 Å². The number of carbonyl (C=O) groups excluding carboxylic acids is 2. The number of alkyl carbamates (subject to hydrolysis) is 1. The van der Waals surface area contributed by atoms with Crippen LogP contribution in [0.3, 0.4) is 0 Å². The number of hydrogen-bond acceptors (Lipinski definition) is 4. The van der Waals surface area contributed by atoms with E-state index in [9.17, 15) is 14.4 Å². The highest BCUT2D eigenvalue weighted by molar-refractivity contribution is 5.87. The van der Waals surface area contributed by atoms with Crippen LogP contribution in [0.25, 0.3) is 11.1 Å². The molecule has 0 aromatic heterocycles. The molecule has 0 radical (unpaired) electrons. The van der Waals surface area contributed by atoms with Gasteiger partial charge in [-0.25, -0.2) is 4.79 Å². The molecule has 34 heavy (non-hydrogen) atoms. The zero-order chi connectivity index (χ0) is 23.9. The molecule has 0 spiro atoms. The van der Waals surface area contributed by atoms with Crippen molar-refractivity contribution in [3.63, 3.8) is 0 Å². The third kappa shape index (κ3) is 4.04. The van der Waals surface area contributed by atoms with Crippen LogP contribution in [0.15, 0.2) is 48.5 Å². The lowest BCUT2D eigenvalue weighted by Gasteiger charge is -2.21. The normalized spacial score (nSPS) is 25.0. The zero-order valence-corrected chi connectivity index (χ0v) is 19.3. The maximum absolute atomic E-state index is 12.9. The summed E-state index contributed by atoms with van der Waals surface area (Å²) in [4.78, 5) is 36.5. The molecular formula is C27H30N2O5. The summed E-state index contributed by atoms with van der Waals surface area (Å²) in [6, 6.07) is 15.9. The van der Waals surface area contributed by atoms with E-state index in [2.05, 4.69) is 34.9 Å². The topological polar surface area (TPSA) is 105 Å². The molecule has 0 bridgehead atoms. The summed E-state index contributed by atoms with van der Waals surface area (Å²) in [6.45, 7) is 2.13. The molecule has 4 atom stereocenters. The molecule has 0 heterocycles. The summed E-state index contributed by atoms with van der Waals surface area (Å²) in [5, 5.41) is 14.9. The van der Waals surface area contributed by atoms with Crippen molar-refractivity contribution < 1.29 is 24.2 Å². The summed E-state index contributed by atoms with van der Waals surface area (Å²) < 4.78 is 5.65. The Bertz CT molecular complexity index is 1090. The van der Waals surface area contributed by atoms with Crippen LogP contribution in [0, 0.1) is 11.3 Å². The molecule has 3 aliphatic carbocycles. The minimum absolute atomic E-state index is 0.00691. The van der Waals surface area contributed by atoms with Gasteiger partial charge in [0.05, 0.1) is 11.8 Å². The lowest BCUT2D eigenvalue weighted by atomic mass is 9.98. The molecule has 0 saturated heterocycles. The number of hydrogen-bond donors (Lipinski definition) is 3. The number of amides is 2. The van der Waals surface area contributed by atoms with Gasteiger partial charge in [0.2, 0.25) is 5.91 Å². The number of carbonyl (C=O) groups is 3. The summed E-state index contributed by atoms with van der Waals surface area (Å²) in [5.41, 5.74) is 4.23. The second-order valence-electron chi connectivity index (χ2n) is 9.84. The Morgan fingerprint density at radius 3 is 2.32 bits per heavy atom. The average Bonchev–Trinajstić information content (AvgIpc) is 3.25. The van der Waals surface area contributed by atoms with Crippen LogP contribution in [0.5, 0.6) is 0 Å². The van der Waals surface area contributed by atoms with Gasteiger partial charge in [-0.3, -0.25) is 9.59 Å². The molecule has 5 rings (SSSR count). The van der Waals surface area contributed by atoms with Crippen molar-refractivity contribution in [2.24, 2.45) is 11.3 Å². The SMILES string of the molecule is CC[C@H](CC(=O)O)NC(=O)[C@@]12C[C@@H](NC(=O)OCC3c4ccccc4-c4ccccc43)C[C@@H]1C2. The Labute approximate surface area is 198 Å². The molecule has 178 valence electrons. The first-order valence-corrected chi connectivity index (χ1v) is 12.1. The van der Waals surface area contributed by atoms with Gasteiger partial charge in [0.1, 0.15) is 6.61 Å². The summed E-state index contributed by atoms with van der Waals surface area (Å²) in [7, 11) is 0. The van der Waals surface area contributed by atoms with E-state index in [1.165, 1.54) is 22.3 Å². The van der Waals surface area contributed by atoms with E-state index in [-0.39, 0.29) is 42.9 Å². The number of aliphatic carboxylic acids is 1. The highest BCUT2D eigenvalue weighted by atomic mass is 16.5. The van der Waals surface area contributed by atoms with Crippen molar-refractivity contribution in [2.45, 2.75) is 57.0 Å². The fourth-order valence-corrected chi connectivity index (χ4v) is 5.93. The second kappa shape index (κ2) is 8.78. The van der Waals surface area contributed by atoms with Gasteiger partial charge in [-0.15, -0.1) is 0 Å². The largest absolute Gasteiger partial charge is 0.481 e. The molecule has 3 aliphatic rings. The van der Waals surface area contributed by atoms with Crippen molar-refractivity contribution >= 4 is 18.0 Å². The van der Waals surface area contributed by atoms with Crippen LogP contribution in [0.1, 0.15) is 56.1 Å². The van der Waals surface area contributed by atoms with Crippen molar-refractivity contribution in [1.82, 2.24) is 10.6 Å². The average molecular weight is 463 g/mol. The number of fused-ring (bicyclic) bond motifs is 4. The molecule has 2 aromatic carbocycles. The van der Waals surface area contributed by atoms with E-state index in [1.807, 2.05) is 31.2 Å². The Morgan fingerprint density at radius 2 is 1.71 bits per heavy atom. The van der Waals surface area contributed by atoms with Gasteiger partial charge >= 0.3 is 12.1 Å². The lowest BCUT2D eigenvalue weighted by Crippen LogP contribution is -2.42. The van der Waals surface area contributed by atoms with E-state index in [0.29, 0.717) is 12.8 Å². The summed E-state index contributed by atoms with van der Waals surface area (Å²) in [5.74, 6) is -0.762. The van der Waals surface area contributed by atoms with Gasteiger partial charge in [-0.05, 0) is 53.9 Å². The maximum atomic E-state index is 12.9. The smallest absolute Gasteiger partial charge is 0.407 e. The first-order valence-electron chi connectivity index (χ1n) is 12.1. The monoisotopic (exact) mass is 462 g/mol. The molecule has 0 aliphatic heterocycles. The standard InChI is InChI=1S/C27H30N2O5/c1-2-17(12-24(30)31)28-25(32)27-13-16(27)11-18(14-27)29-26(33)34-15-23-21-9-5-3-7-19(21)20-8-4-6-10-22(20)23/h3-10,16-18,23H,2,11-15H2,1H3,(H,28,32)(H,29,33)(H,30,31)/t16-,17-,18+,27+/m1/s1. The minimum Gasteiger partial charge on any atom is -0.481 e. The first kappa shape index (κ1) is 22.4. The Morgan fingerprint density at radius 1 is 1.06 bits per heavy atom. The Kier molecular flexibility index (Phi) is 5.80. The van der Waals surface area contributed by atoms with Gasteiger partial charge in [0, 0.05) is 18.0 Å². The third-order valence-electron chi connectivity index (χ3n) is 7.78. The number of carboxylic acids is 1. The molecule has 2 amide bonds. The van der Waals surface area contributed by atoms with Crippen molar-refractivity contribution in [2.75, 3.05) is 6.61 Å². The molecular weight excluding hydrogens is 432 g/mol. The number of ether oxygens (including phenoxy) is 1. The lowest BCUT2D eigenvalue weighted by molar-refractivity contribution is -0.138. The summed E-state index contributed by atoms with van der Waals surface area (Å²) in [6.07, 6.45) is 2.14. The molecule has 2 saturated carbocycles. The molecule has 7 nitrogen and oxygen atoms in total. The quantitative estimate of drug-likeness (QED) is 0.549.